The van der Waals surface area contributed by atoms with Crippen molar-refractivity contribution < 1.29 is 9.59 Å². The highest BCUT2D eigenvalue weighted by atomic mass is 16.2. The Hall–Kier alpha value is -2.32. The number of carbonyl (C=O) groups is 2. The van der Waals surface area contributed by atoms with Crippen LogP contribution in [0, 0.1) is 0 Å². The molecule has 2 amide bonds. The fourth-order valence-corrected chi connectivity index (χ4v) is 2.30. The van der Waals surface area contributed by atoms with Crippen LogP contribution in [0.5, 0.6) is 0 Å². The average molecular weight is 297 g/mol. The molecule has 4 N–H and O–H groups in total. The van der Waals surface area contributed by atoms with Gasteiger partial charge in [0.15, 0.2) is 0 Å². The monoisotopic (exact) mass is 297 g/mol. The van der Waals surface area contributed by atoms with E-state index in [0.717, 1.165) is 4.57 Å². The van der Waals surface area contributed by atoms with Gasteiger partial charge in [-0.15, -0.1) is 0 Å². The van der Waals surface area contributed by atoms with E-state index in [1.165, 1.54) is 0 Å². The topological polar surface area (TPSA) is 129 Å². The lowest BCUT2D eigenvalue weighted by molar-refractivity contribution is -0.123. The molecule has 1 fully saturated rings. The predicted octanol–water partition coefficient (Wildman–Crippen LogP) is -1.57. The molecular weight excluding hydrogens is 278 g/mol. The Morgan fingerprint density at radius 1 is 1.19 bits per heavy atom. The molecule has 2 heterocycles. The van der Waals surface area contributed by atoms with Gasteiger partial charge in [0.1, 0.15) is 0 Å². The first-order chi connectivity index (χ1) is 10.1. The maximum absolute atomic E-state index is 11.8. The summed E-state index contributed by atoms with van der Waals surface area (Å²) in [5.41, 5.74) is -1.01. The standard InChI is InChI=1S/C12H19N5O4/c18-9-4-3-8(5-6-13-9)14-10(19)2-1-7-17-11(20)15-16-12(17)21/h8H,1-7H2,(H,13,18)(H,14,19)(H,15,20)(H,16,21). The molecule has 1 saturated heterocycles. The quantitative estimate of drug-likeness (QED) is 0.523. The minimum absolute atomic E-state index is 0.00478. The summed E-state index contributed by atoms with van der Waals surface area (Å²) >= 11 is 0. The van der Waals surface area contributed by atoms with Crippen LogP contribution in [0.15, 0.2) is 9.59 Å². The molecule has 1 aromatic rings. The zero-order valence-electron chi connectivity index (χ0n) is 11.6. The van der Waals surface area contributed by atoms with E-state index in [1.807, 2.05) is 0 Å². The number of rotatable bonds is 5. The Labute approximate surface area is 120 Å². The number of hydrogen-bond donors (Lipinski definition) is 4. The van der Waals surface area contributed by atoms with Crippen molar-refractivity contribution in [1.29, 1.82) is 0 Å². The first kappa shape index (κ1) is 15.1. The number of carbonyl (C=O) groups excluding carboxylic acids is 2. The average Bonchev–Trinajstić information content (AvgIpc) is 2.63. The van der Waals surface area contributed by atoms with Gasteiger partial charge in [0, 0.05) is 32.0 Å². The van der Waals surface area contributed by atoms with Gasteiger partial charge in [-0.25, -0.2) is 24.4 Å². The van der Waals surface area contributed by atoms with Crippen molar-refractivity contribution in [2.45, 2.75) is 44.7 Å². The first-order valence-electron chi connectivity index (χ1n) is 7.00. The summed E-state index contributed by atoms with van der Waals surface area (Å²) in [4.78, 5) is 45.5. The molecule has 1 aliphatic heterocycles. The molecule has 9 heteroatoms. The van der Waals surface area contributed by atoms with Crippen LogP contribution in [0.2, 0.25) is 0 Å². The molecule has 2 rings (SSSR count). The minimum atomic E-state index is -0.506. The van der Waals surface area contributed by atoms with Crippen molar-refractivity contribution in [2.24, 2.45) is 0 Å². The van der Waals surface area contributed by atoms with E-state index in [9.17, 15) is 19.2 Å². The number of H-pyrrole nitrogens is 2. The minimum Gasteiger partial charge on any atom is -0.356 e. The second-order valence-electron chi connectivity index (χ2n) is 5.06. The normalized spacial score (nSPS) is 18.9. The van der Waals surface area contributed by atoms with E-state index in [0.29, 0.717) is 32.2 Å². The van der Waals surface area contributed by atoms with E-state index in [-0.39, 0.29) is 30.8 Å². The number of nitrogens with one attached hydrogen (secondary N) is 4. The molecule has 1 aliphatic rings. The summed E-state index contributed by atoms with van der Waals surface area (Å²) in [5, 5.41) is 9.99. The summed E-state index contributed by atoms with van der Waals surface area (Å²) in [6.07, 6.45) is 2.40. The van der Waals surface area contributed by atoms with Crippen molar-refractivity contribution in [3.8, 4) is 0 Å². The number of hydrogen-bond acceptors (Lipinski definition) is 4. The molecule has 0 saturated carbocycles. The first-order valence-corrected chi connectivity index (χ1v) is 7.00. The maximum Gasteiger partial charge on any atom is 0.344 e. The third-order valence-corrected chi connectivity index (χ3v) is 3.45. The Bertz CT molecular complexity index is 586. The second-order valence-corrected chi connectivity index (χ2v) is 5.06. The highest BCUT2D eigenvalue weighted by Gasteiger charge is 2.17. The second kappa shape index (κ2) is 6.91. The fourth-order valence-electron chi connectivity index (χ4n) is 2.30. The van der Waals surface area contributed by atoms with Crippen LogP contribution in [-0.2, 0) is 16.1 Å². The molecule has 0 radical (unpaired) electrons. The van der Waals surface area contributed by atoms with Gasteiger partial charge >= 0.3 is 11.4 Å². The molecule has 116 valence electrons. The number of amides is 2. The predicted molar refractivity (Wildman–Crippen MR) is 73.7 cm³/mol. The molecule has 1 unspecified atom stereocenters. The van der Waals surface area contributed by atoms with Crippen LogP contribution in [-0.4, -0.2) is 39.2 Å². The third kappa shape index (κ3) is 4.33. The summed E-state index contributed by atoms with van der Waals surface area (Å²) in [5.74, 6) is -0.118. The van der Waals surface area contributed by atoms with E-state index in [1.54, 1.807) is 0 Å². The van der Waals surface area contributed by atoms with E-state index >= 15 is 0 Å². The lowest BCUT2D eigenvalue weighted by atomic mass is 10.1. The highest BCUT2D eigenvalue weighted by molar-refractivity contribution is 5.77. The van der Waals surface area contributed by atoms with Crippen LogP contribution < -0.4 is 22.0 Å². The Morgan fingerprint density at radius 2 is 1.90 bits per heavy atom. The Morgan fingerprint density at radius 3 is 2.62 bits per heavy atom. The summed E-state index contributed by atoms with van der Waals surface area (Å²) < 4.78 is 1.02. The van der Waals surface area contributed by atoms with Crippen molar-refractivity contribution >= 4 is 11.8 Å². The molecule has 1 atom stereocenters. The zero-order chi connectivity index (χ0) is 15.2. The zero-order valence-corrected chi connectivity index (χ0v) is 11.6. The van der Waals surface area contributed by atoms with Gasteiger partial charge in [-0.05, 0) is 19.3 Å². The summed E-state index contributed by atoms with van der Waals surface area (Å²) in [6, 6.07) is -0.00478. The molecule has 0 aliphatic carbocycles. The van der Waals surface area contributed by atoms with Gasteiger partial charge in [-0.3, -0.25) is 9.59 Å². The molecule has 9 nitrogen and oxygen atoms in total. The third-order valence-electron chi connectivity index (χ3n) is 3.45. The van der Waals surface area contributed by atoms with Crippen molar-refractivity contribution in [3.63, 3.8) is 0 Å². The van der Waals surface area contributed by atoms with Crippen LogP contribution in [0.4, 0.5) is 0 Å². The molecular formula is C12H19N5O4. The smallest absolute Gasteiger partial charge is 0.344 e. The van der Waals surface area contributed by atoms with E-state index < -0.39 is 11.4 Å². The lowest BCUT2D eigenvalue weighted by Crippen LogP contribution is -2.35. The van der Waals surface area contributed by atoms with Crippen LogP contribution >= 0.6 is 0 Å². The molecule has 0 aromatic carbocycles. The van der Waals surface area contributed by atoms with Gasteiger partial charge in [0.2, 0.25) is 11.8 Å². The Balaban J connectivity index is 1.73. The highest BCUT2D eigenvalue weighted by Crippen LogP contribution is 2.06. The number of aromatic amines is 2. The van der Waals surface area contributed by atoms with Crippen molar-refractivity contribution in [1.82, 2.24) is 25.4 Å². The summed E-state index contributed by atoms with van der Waals surface area (Å²) in [6.45, 7) is 0.758. The largest absolute Gasteiger partial charge is 0.356 e. The maximum atomic E-state index is 11.8. The lowest BCUT2D eigenvalue weighted by Gasteiger charge is -2.15. The molecule has 0 bridgehead atoms. The van der Waals surface area contributed by atoms with Gasteiger partial charge in [-0.2, -0.15) is 0 Å². The van der Waals surface area contributed by atoms with Gasteiger partial charge in [0.25, 0.3) is 0 Å². The van der Waals surface area contributed by atoms with Crippen molar-refractivity contribution in [2.75, 3.05) is 6.54 Å². The van der Waals surface area contributed by atoms with E-state index in [2.05, 4.69) is 20.8 Å². The molecule has 0 spiro atoms. The summed E-state index contributed by atoms with van der Waals surface area (Å²) in [7, 11) is 0. The van der Waals surface area contributed by atoms with Gasteiger partial charge in [-0.1, -0.05) is 0 Å². The molecule has 21 heavy (non-hydrogen) atoms. The number of nitrogens with zero attached hydrogens (tertiary/aromatic N) is 1. The fraction of sp³-hybridized carbons (Fsp3) is 0.667. The van der Waals surface area contributed by atoms with Crippen LogP contribution in [0.1, 0.15) is 32.1 Å². The number of aromatic nitrogens is 3. The molecule has 1 aromatic heterocycles. The SMILES string of the molecule is O=C1CCC(NC(=O)CCCn2c(=O)[nH][nH]c2=O)CCN1. The van der Waals surface area contributed by atoms with Crippen LogP contribution in [0.25, 0.3) is 0 Å². The van der Waals surface area contributed by atoms with Crippen LogP contribution in [0.3, 0.4) is 0 Å². The van der Waals surface area contributed by atoms with Gasteiger partial charge in [0.05, 0.1) is 0 Å². The van der Waals surface area contributed by atoms with E-state index in [4.69, 9.17) is 0 Å². The van der Waals surface area contributed by atoms with Gasteiger partial charge < -0.3 is 10.6 Å². The van der Waals surface area contributed by atoms with Crippen molar-refractivity contribution in [3.05, 3.63) is 21.0 Å². The Kier molecular flexibility index (Phi) is 4.96.